The highest BCUT2D eigenvalue weighted by molar-refractivity contribution is 5.92. The Labute approximate surface area is 183 Å². The molecule has 0 unspecified atom stereocenters. The molecule has 5 rings (SSSR count). The summed E-state index contributed by atoms with van der Waals surface area (Å²) >= 11 is 0. The molecule has 0 bridgehead atoms. The van der Waals surface area contributed by atoms with Gasteiger partial charge < -0.3 is 19.5 Å². The fourth-order valence-electron chi connectivity index (χ4n) is 5.35. The minimum atomic E-state index is -0.557. The monoisotopic (exact) mass is 422 g/mol. The Bertz CT molecular complexity index is 1000. The molecule has 0 spiro atoms. The van der Waals surface area contributed by atoms with Crippen molar-refractivity contribution < 1.29 is 19.4 Å². The molecule has 164 valence electrons. The molecule has 1 aromatic carbocycles. The Morgan fingerprint density at radius 3 is 2.68 bits per heavy atom. The van der Waals surface area contributed by atoms with Crippen LogP contribution in [-0.2, 0) is 6.42 Å². The van der Waals surface area contributed by atoms with Crippen molar-refractivity contribution >= 4 is 5.91 Å². The Hall–Kier alpha value is -2.60. The maximum Gasteiger partial charge on any atom is 0.272 e. The van der Waals surface area contributed by atoms with E-state index in [0.29, 0.717) is 42.8 Å². The molecule has 3 aliphatic rings. The topological polar surface area (TPSA) is 71.9 Å². The van der Waals surface area contributed by atoms with Gasteiger partial charge in [0.05, 0.1) is 6.10 Å². The molecule has 1 amide bonds. The summed E-state index contributed by atoms with van der Waals surface area (Å²) in [7, 11) is 0. The lowest BCUT2D eigenvalue weighted by Crippen LogP contribution is -2.42. The number of hydrogen-bond donors (Lipinski definition) is 1. The van der Waals surface area contributed by atoms with Gasteiger partial charge in [0.25, 0.3) is 5.91 Å². The molecular weight excluding hydrogens is 392 g/mol. The third-order valence-corrected chi connectivity index (χ3v) is 6.81. The first-order valence-corrected chi connectivity index (χ1v) is 11.2. The number of hydrogen-bond acceptors (Lipinski definition) is 5. The van der Waals surface area contributed by atoms with Crippen LogP contribution in [-0.4, -0.2) is 51.8 Å². The number of carbonyl (C=O) groups excluding carboxylic acids is 1. The maximum absolute atomic E-state index is 12.9. The number of aliphatic hydroxyl groups excluding tert-OH is 1. The van der Waals surface area contributed by atoms with Crippen LogP contribution in [0.2, 0.25) is 0 Å². The van der Waals surface area contributed by atoms with Crippen molar-refractivity contribution in [1.82, 2.24) is 9.88 Å². The lowest BCUT2D eigenvalue weighted by molar-refractivity contribution is -0.0249. The average Bonchev–Trinajstić information content (AvgIpc) is 3.27. The zero-order valence-electron chi connectivity index (χ0n) is 18.4. The van der Waals surface area contributed by atoms with Crippen LogP contribution >= 0.6 is 0 Å². The Morgan fingerprint density at radius 1 is 1.16 bits per heavy atom. The van der Waals surface area contributed by atoms with Crippen LogP contribution in [0.15, 0.2) is 36.4 Å². The van der Waals surface area contributed by atoms with Gasteiger partial charge in [0, 0.05) is 30.8 Å². The number of aromatic nitrogens is 1. The molecule has 1 N–H and O–H groups in total. The van der Waals surface area contributed by atoms with Crippen molar-refractivity contribution in [2.24, 2.45) is 11.8 Å². The number of nitrogens with zero attached hydrogens (tertiary/aromatic N) is 2. The first-order chi connectivity index (χ1) is 14.8. The van der Waals surface area contributed by atoms with Gasteiger partial charge in [0.15, 0.2) is 11.5 Å². The number of carbonyl (C=O) groups is 1. The van der Waals surface area contributed by atoms with E-state index in [1.807, 2.05) is 36.1 Å². The SMILES string of the molecule is Cc1cccc(C(=O)N2C[C@H]3C[C@@H](Oc4cccc5c4OC(C)(C)C5)[C@H](O)C[C@H]3C2)n1. The number of rotatable bonds is 3. The average molecular weight is 423 g/mol. The van der Waals surface area contributed by atoms with Gasteiger partial charge in [-0.25, -0.2) is 4.98 Å². The van der Waals surface area contributed by atoms with Crippen LogP contribution in [0, 0.1) is 18.8 Å². The smallest absolute Gasteiger partial charge is 0.272 e. The molecular formula is C25H30N2O4. The normalized spacial score (nSPS) is 28.6. The number of aryl methyl sites for hydroxylation is 1. The second-order valence-electron chi connectivity index (χ2n) is 9.87. The summed E-state index contributed by atoms with van der Waals surface area (Å²) < 4.78 is 12.4. The molecule has 1 saturated carbocycles. The summed E-state index contributed by atoms with van der Waals surface area (Å²) in [4.78, 5) is 19.2. The quantitative estimate of drug-likeness (QED) is 0.821. The van der Waals surface area contributed by atoms with E-state index in [4.69, 9.17) is 9.47 Å². The third kappa shape index (κ3) is 3.89. The number of ether oxygens (including phenoxy) is 2. The molecule has 6 nitrogen and oxygen atoms in total. The van der Waals surface area contributed by atoms with Crippen molar-refractivity contribution in [3.63, 3.8) is 0 Å². The third-order valence-electron chi connectivity index (χ3n) is 6.81. The van der Waals surface area contributed by atoms with E-state index in [1.165, 1.54) is 0 Å². The number of likely N-dealkylation sites (tertiary alicyclic amines) is 1. The second kappa shape index (κ2) is 7.52. The van der Waals surface area contributed by atoms with Gasteiger partial charge in [-0.2, -0.15) is 0 Å². The minimum Gasteiger partial charge on any atom is -0.484 e. The fourth-order valence-corrected chi connectivity index (χ4v) is 5.35. The van der Waals surface area contributed by atoms with Gasteiger partial charge in [0.1, 0.15) is 17.4 Å². The second-order valence-corrected chi connectivity index (χ2v) is 9.87. The summed E-state index contributed by atoms with van der Waals surface area (Å²) in [5, 5.41) is 10.8. The zero-order chi connectivity index (χ0) is 21.8. The number of amides is 1. The predicted molar refractivity (Wildman–Crippen MR) is 116 cm³/mol. The number of benzene rings is 1. The molecule has 1 aliphatic carbocycles. The lowest BCUT2D eigenvalue weighted by Gasteiger charge is -2.35. The van der Waals surface area contributed by atoms with Gasteiger partial charge in [-0.05, 0) is 63.6 Å². The first kappa shape index (κ1) is 20.3. The summed E-state index contributed by atoms with van der Waals surface area (Å²) in [6, 6.07) is 11.5. The molecule has 2 aromatic rings. The zero-order valence-corrected chi connectivity index (χ0v) is 18.4. The van der Waals surface area contributed by atoms with Crippen molar-refractivity contribution in [2.75, 3.05) is 13.1 Å². The van der Waals surface area contributed by atoms with Gasteiger partial charge in [-0.1, -0.05) is 18.2 Å². The van der Waals surface area contributed by atoms with E-state index in [1.54, 1.807) is 6.07 Å². The Kier molecular flexibility index (Phi) is 4.93. The van der Waals surface area contributed by atoms with E-state index < -0.39 is 6.10 Å². The van der Waals surface area contributed by atoms with E-state index in [2.05, 4.69) is 24.9 Å². The molecule has 6 heteroatoms. The van der Waals surface area contributed by atoms with Crippen molar-refractivity contribution in [3.8, 4) is 11.5 Å². The largest absolute Gasteiger partial charge is 0.484 e. The standard InChI is InChI=1S/C25H30N2O4/c1-15-6-4-8-19(26-15)24(29)27-13-17-10-20(28)22(11-18(17)14-27)30-21-9-5-7-16-12-25(2,3)31-23(16)21/h4-9,17-18,20,22,28H,10-14H2,1-3H3/t17-,18+,20+,22+/m0/s1. The molecule has 1 saturated heterocycles. The highest BCUT2D eigenvalue weighted by atomic mass is 16.5. The van der Waals surface area contributed by atoms with Crippen molar-refractivity contribution in [3.05, 3.63) is 53.3 Å². The Morgan fingerprint density at radius 2 is 1.90 bits per heavy atom. The molecule has 1 aromatic heterocycles. The van der Waals surface area contributed by atoms with Gasteiger partial charge in [-0.3, -0.25) is 4.79 Å². The predicted octanol–water partition coefficient (Wildman–Crippen LogP) is 3.39. The number of pyridine rings is 1. The maximum atomic E-state index is 12.9. The molecule has 0 radical (unpaired) electrons. The number of para-hydroxylation sites is 1. The van der Waals surface area contributed by atoms with Gasteiger partial charge >= 0.3 is 0 Å². The summed E-state index contributed by atoms with van der Waals surface area (Å²) in [6.07, 6.45) is 1.36. The molecule has 2 aliphatic heterocycles. The van der Waals surface area contributed by atoms with E-state index in [0.717, 1.165) is 29.8 Å². The lowest BCUT2D eigenvalue weighted by atomic mass is 9.78. The van der Waals surface area contributed by atoms with Crippen LogP contribution in [0.25, 0.3) is 0 Å². The highest BCUT2D eigenvalue weighted by Crippen LogP contribution is 2.44. The fraction of sp³-hybridized carbons (Fsp3) is 0.520. The van der Waals surface area contributed by atoms with Crippen LogP contribution in [0.3, 0.4) is 0 Å². The van der Waals surface area contributed by atoms with Crippen LogP contribution in [0.5, 0.6) is 11.5 Å². The molecule has 3 heterocycles. The minimum absolute atomic E-state index is 0.0263. The Balaban J connectivity index is 1.28. The molecule has 4 atom stereocenters. The number of aliphatic hydroxyl groups is 1. The van der Waals surface area contributed by atoms with Crippen molar-refractivity contribution in [2.45, 2.75) is 57.8 Å². The van der Waals surface area contributed by atoms with Crippen LogP contribution < -0.4 is 9.47 Å². The van der Waals surface area contributed by atoms with Gasteiger partial charge in [-0.15, -0.1) is 0 Å². The van der Waals surface area contributed by atoms with E-state index >= 15 is 0 Å². The summed E-state index contributed by atoms with van der Waals surface area (Å²) in [6.45, 7) is 7.39. The summed E-state index contributed by atoms with van der Waals surface area (Å²) in [5.41, 5.74) is 2.24. The van der Waals surface area contributed by atoms with Crippen LogP contribution in [0.4, 0.5) is 0 Å². The van der Waals surface area contributed by atoms with E-state index in [9.17, 15) is 9.90 Å². The highest BCUT2D eigenvalue weighted by Gasteiger charge is 2.44. The summed E-state index contributed by atoms with van der Waals surface area (Å²) in [5.74, 6) is 2.09. The molecule has 2 fully saturated rings. The van der Waals surface area contributed by atoms with Crippen molar-refractivity contribution in [1.29, 1.82) is 0 Å². The van der Waals surface area contributed by atoms with Crippen LogP contribution in [0.1, 0.15) is 48.4 Å². The van der Waals surface area contributed by atoms with E-state index in [-0.39, 0.29) is 17.6 Å². The molecule has 31 heavy (non-hydrogen) atoms. The first-order valence-electron chi connectivity index (χ1n) is 11.2. The van der Waals surface area contributed by atoms with Gasteiger partial charge in [0.2, 0.25) is 0 Å². The number of fused-ring (bicyclic) bond motifs is 2.